The van der Waals surface area contributed by atoms with Crippen LogP contribution in [-0.2, 0) is 24.3 Å². The number of nitrogens with zero attached hydrogens (tertiary/aromatic N) is 2. The molecule has 1 amide bonds. The van der Waals surface area contributed by atoms with E-state index >= 15 is 0 Å². The second-order valence-electron chi connectivity index (χ2n) is 6.53. The van der Waals surface area contributed by atoms with Crippen molar-refractivity contribution in [2.45, 2.75) is 32.9 Å². The highest BCUT2D eigenvalue weighted by molar-refractivity contribution is 7.10. The van der Waals surface area contributed by atoms with Gasteiger partial charge in [-0.1, -0.05) is 29.8 Å². The molecule has 3 rings (SSSR count). The van der Waals surface area contributed by atoms with E-state index < -0.39 is 0 Å². The van der Waals surface area contributed by atoms with Crippen LogP contribution in [0.5, 0.6) is 0 Å². The average Bonchev–Trinajstić information content (AvgIpc) is 3.12. The number of nitrogens with one attached hydrogen (secondary N) is 2. The fourth-order valence-electron chi connectivity index (χ4n) is 3.14. The molecule has 0 aliphatic carbocycles. The maximum absolute atomic E-state index is 12.4. The van der Waals surface area contributed by atoms with E-state index in [4.69, 9.17) is 0 Å². The maximum atomic E-state index is 12.4. The zero-order valence-electron chi connectivity index (χ0n) is 15.4. The fourth-order valence-corrected chi connectivity index (χ4v) is 4.03. The molecule has 2 heterocycles. The minimum atomic E-state index is 0.198. The Hall–Kier alpha value is -2.34. The van der Waals surface area contributed by atoms with E-state index in [-0.39, 0.29) is 5.91 Å². The number of carbonyl (C=O) groups excluding carboxylic acids is 1. The molecule has 0 atom stereocenters. The molecular formula is C20H26N4OS. The number of rotatable bonds is 5. The summed E-state index contributed by atoms with van der Waals surface area (Å²) < 4.78 is 0. The summed E-state index contributed by atoms with van der Waals surface area (Å²) in [5.41, 5.74) is 3.76. The molecule has 0 saturated carbocycles. The molecule has 0 saturated heterocycles. The van der Waals surface area contributed by atoms with E-state index in [1.54, 1.807) is 18.4 Å². The number of guanidine groups is 1. The van der Waals surface area contributed by atoms with Gasteiger partial charge < -0.3 is 15.5 Å². The number of fused-ring (bicyclic) bond motifs is 1. The third-order valence-electron chi connectivity index (χ3n) is 4.56. The Morgan fingerprint density at radius 3 is 3.00 bits per heavy atom. The maximum Gasteiger partial charge on any atom is 0.224 e. The van der Waals surface area contributed by atoms with Crippen LogP contribution in [0.15, 0.2) is 40.7 Å². The number of aliphatic imine (C=N–C) groups is 1. The van der Waals surface area contributed by atoms with E-state index in [2.05, 4.69) is 58.3 Å². The first kappa shape index (κ1) is 18.5. The van der Waals surface area contributed by atoms with Crippen LogP contribution >= 0.6 is 11.3 Å². The van der Waals surface area contributed by atoms with E-state index in [9.17, 15) is 4.79 Å². The summed E-state index contributed by atoms with van der Waals surface area (Å²) >= 11 is 1.79. The molecule has 0 fully saturated rings. The van der Waals surface area contributed by atoms with Crippen molar-refractivity contribution in [2.75, 3.05) is 20.1 Å². The van der Waals surface area contributed by atoms with Crippen LogP contribution in [0.1, 0.15) is 28.0 Å². The van der Waals surface area contributed by atoms with Gasteiger partial charge >= 0.3 is 0 Å². The van der Waals surface area contributed by atoms with Crippen molar-refractivity contribution in [3.8, 4) is 0 Å². The average molecular weight is 371 g/mol. The summed E-state index contributed by atoms with van der Waals surface area (Å²) in [6, 6.07) is 10.5. The SMILES string of the molecule is CN=C(NCCC(=O)N1CCc2sccc2C1)NCc1cccc(C)c1. The highest BCUT2D eigenvalue weighted by atomic mass is 32.1. The minimum Gasteiger partial charge on any atom is -0.356 e. The summed E-state index contributed by atoms with van der Waals surface area (Å²) in [5, 5.41) is 8.64. The Balaban J connectivity index is 1.41. The van der Waals surface area contributed by atoms with Gasteiger partial charge in [-0.3, -0.25) is 9.79 Å². The van der Waals surface area contributed by atoms with Crippen LogP contribution in [0.25, 0.3) is 0 Å². The lowest BCUT2D eigenvalue weighted by atomic mass is 10.1. The molecule has 6 heteroatoms. The van der Waals surface area contributed by atoms with E-state index in [0.717, 1.165) is 25.5 Å². The number of hydrogen-bond acceptors (Lipinski definition) is 3. The van der Waals surface area contributed by atoms with Crippen molar-refractivity contribution in [2.24, 2.45) is 4.99 Å². The molecule has 1 aromatic heterocycles. The Morgan fingerprint density at radius 2 is 2.19 bits per heavy atom. The Morgan fingerprint density at radius 1 is 1.31 bits per heavy atom. The van der Waals surface area contributed by atoms with Gasteiger partial charge in [0.2, 0.25) is 5.91 Å². The van der Waals surface area contributed by atoms with Crippen LogP contribution in [0.3, 0.4) is 0 Å². The first-order valence-electron chi connectivity index (χ1n) is 8.99. The minimum absolute atomic E-state index is 0.198. The van der Waals surface area contributed by atoms with Crippen molar-refractivity contribution >= 4 is 23.2 Å². The Labute approximate surface area is 159 Å². The quantitative estimate of drug-likeness (QED) is 0.628. The Bertz CT molecular complexity index is 784. The van der Waals surface area contributed by atoms with Gasteiger partial charge in [-0.15, -0.1) is 11.3 Å². The summed E-state index contributed by atoms with van der Waals surface area (Å²) in [7, 11) is 1.75. The molecule has 0 bridgehead atoms. The molecule has 2 aromatic rings. The second-order valence-corrected chi connectivity index (χ2v) is 7.53. The topological polar surface area (TPSA) is 56.7 Å². The first-order chi connectivity index (χ1) is 12.7. The van der Waals surface area contributed by atoms with E-state index in [1.165, 1.54) is 21.6 Å². The molecule has 26 heavy (non-hydrogen) atoms. The molecule has 2 N–H and O–H groups in total. The molecule has 1 aromatic carbocycles. The van der Waals surface area contributed by atoms with Crippen molar-refractivity contribution in [1.82, 2.24) is 15.5 Å². The first-order valence-corrected chi connectivity index (χ1v) is 9.87. The van der Waals surface area contributed by atoms with Crippen LogP contribution in [-0.4, -0.2) is 36.9 Å². The van der Waals surface area contributed by atoms with Gasteiger partial charge in [-0.25, -0.2) is 0 Å². The predicted molar refractivity (Wildman–Crippen MR) is 107 cm³/mol. The van der Waals surface area contributed by atoms with Crippen LogP contribution < -0.4 is 10.6 Å². The summed E-state index contributed by atoms with van der Waals surface area (Å²) in [5.74, 6) is 0.918. The number of hydrogen-bond donors (Lipinski definition) is 2. The van der Waals surface area contributed by atoms with E-state index in [0.29, 0.717) is 19.5 Å². The fraction of sp³-hybridized carbons (Fsp3) is 0.400. The van der Waals surface area contributed by atoms with E-state index in [1.807, 2.05) is 4.90 Å². The second kappa shape index (κ2) is 8.85. The number of benzene rings is 1. The van der Waals surface area contributed by atoms with Crippen LogP contribution in [0.2, 0.25) is 0 Å². The van der Waals surface area contributed by atoms with Crippen molar-refractivity contribution in [3.05, 3.63) is 57.3 Å². The highest BCUT2D eigenvalue weighted by Gasteiger charge is 2.20. The van der Waals surface area contributed by atoms with Gasteiger partial charge in [0.15, 0.2) is 5.96 Å². The molecule has 1 aliphatic heterocycles. The lowest BCUT2D eigenvalue weighted by Crippen LogP contribution is -2.40. The molecule has 0 spiro atoms. The number of thiophene rings is 1. The number of amides is 1. The third-order valence-corrected chi connectivity index (χ3v) is 5.58. The lowest BCUT2D eigenvalue weighted by Gasteiger charge is -2.27. The van der Waals surface area contributed by atoms with Crippen LogP contribution in [0.4, 0.5) is 0 Å². The molecule has 1 aliphatic rings. The summed E-state index contributed by atoms with van der Waals surface area (Å²) in [6.45, 7) is 4.95. The van der Waals surface area contributed by atoms with Crippen LogP contribution in [0, 0.1) is 6.92 Å². The van der Waals surface area contributed by atoms with Crippen molar-refractivity contribution in [1.29, 1.82) is 0 Å². The monoisotopic (exact) mass is 370 g/mol. The largest absolute Gasteiger partial charge is 0.356 e. The zero-order valence-corrected chi connectivity index (χ0v) is 16.2. The Kier molecular flexibility index (Phi) is 6.28. The standard InChI is InChI=1S/C20H26N4OS/c1-15-4-3-5-16(12-15)13-23-20(21-2)22-9-6-19(25)24-10-7-18-17(14-24)8-11-26-18/h3-5,8,11-12H,6-7,9-10,13-14H2,1-2H3,(H2,21,22,23). The molecule has 138 valence electrons. The predicted octanol–water partition coefficient (Wildman–Crippen LogP) is 2.70. The summed E-state index contributed by atoms with van der Waals surface area (Å²) in [6.07, 6.45) is 1.45. The highest BCUT2D eigenvalue weighted by Crippen LogP contribution is 2.24. The van der Waals surface area contributed by atoms with Gasteiger partial charge in [-0.2, -0.15) is 0 Å². The molecule has 0 radical (unpaired) electrons. The smallest absolute Gasteiger partial charge is 0.224 e. The van der Waals surface area contributed by atoms with Gasteiger partial charge in [0.25, 0.3) is 0 Å². The normalized spacial score (nSPS) is 14.1. The van der Waals surface area contributed by atoms with Gasteiger partial charge in [-0.05, 0) is 35.9 Å². The molecule has 0 unspecified atom stereocenters. The summed E-state index contributed by atoms with van der Waals surface area (Å²) in [4.78, 5) is 20.1. The lowest BCUT2D eigenvalue weighted by molar-refractivity contribution is -0.131. The molecule has 5 nitrogen and oxygen atoms in total. The zero-order chi connectivity index (χ0) is 18.4. The number of carbonyl (C=O) groups is 1. The van der Waals surface area contributed by atoms with Gasteiger partial charge in [0.1, 0.15) is 0 Å². The van der Waals surface area contributed by atoms with Gasteiger partial charge in [0.05, 0.1) is 0 Å². The van der Waals surface area contributed by atoms with Crippen molar-refractivity contribution in [3.63, 3.8) is 0 Å². The number of aryl methyl sites for hydroxylation is 1. The van der Waals surface area contributed by atoms with Crippen molar-refractivity contribution < 1.29 is 4.79 Å². The molecular weight excluding hydrogens is 344 g/mol. The van der Waals surface area contributed by atoms with Gasteiger partial charge in [0, 0.05) is 44.5 Å². The third kappa shape index (κ3) is 4.85.